The van der Waals surface area contributed by atoms with Crippen molar-refractivity contribution in [1.29, 1.82) is 0 Å². The van der Waals surface area contributed by atoms with E-state index in [0.29, 0.717) is 25.4 Å². The van der Waals surface area contributed by atoms with Crippen molar-refractivity contribution >= 4 is 11.6 Å². The van der Waals surface area contributed by atoms with Gasteiger partial charge in [-0.25, -0.2) is 0 Å². The molecule has 4 rings (SSSR count). The molecule has 2 aliphatic rings. The Kier molecular flexibility index (Phi) is 6.51. The number of aromatic hydroxyl groups is 1. The van der Waals surface area contributed by atoms with Crippen molar-refractivity contribution in [2.24, 2.45) is 0 Å². The van der Waals surface area contributed by atoms with Crippen LogP contribution in [-0.2, 0) is 17.8 Å². The molecule has 0 radical (unpaired) electrons. The molecule has 0 aliphatic carbocycles. The number of rotatable bonds is 7. The zero-order valence-corrected chi connectivity index (χ0v) is 18.3. The molecule has 0 saturated carbocycles. The van der Waals surface area contributed by atoms with Gasteiger partial charge in [0, 0.05) is 24.1 Å². The molecule has 2 heterocycles. The van der Waals surface area contributed by atoms with Gasteiger partial charge in [0.05, 0.1) is 38.5 Å². The maximum absolute atomic E-state index is 12.6. The standard InChI is InChI=1S/C24H31N3O4/c1-3-30-22-13-18-12-17(2)31-23(18)14-19(22)15-25-24(29)16-26-8-10-27(11-9-26)20-6-4-5-7-21(20)28/h4-7,13-14,17,28H,3,8-12,15-16H2,1-2H3,(H,25,29)/p+1/t17-/m1/s1. The number of hydrogen-bond donors (Lipinski definition) is 3. The van der Waals surface area contributed by atoms with E-state index in [0.717, 1.165) is 60.9 Å². The van der Waals surface area contributed by atoms with Crippen LogP contribution in [0.5, 0.6) is 17.2 Å². The van der Waals surface area contributed by atoms with E-state index in [1.807, 2.05) is 37.3 Å². The zero-order valence-electron chi connectivity index (χ0n) is 18.3. The van der Waals surface area contributed by atoms with Crippen molar-refractivity contribution in [3.8, 4) is 17.2 Å². The van der Waals surface area contributed by atoms with Gasteiger partial charge in [-0.3, -0.25) is 4.79 Å². The van der Waals surface area contributed by atoms with Crippen LogP contribution >= 0.6 is 0 Å². The van der Waals surface area contributed by atoms with Crippen molar-refractivity contribution in [2.45, 2.75) is 32.9 Å². The molecule has 1 amide bonds. The molecule has 0 unspecified atom stereocenters. The molecular weight excluding hydrogens is 394 g/mol. The van der Waals surface area contributed by atoms with Crippen LogP contribution in [0.2, 0.25) is 0 Å². The van der Waals surface area contributed by atoms with E-state index >= 15 is 0 Å². The summed E-state index contributed by atoms with van der Waals surface area (Å²) in [6.45, 7) is 8.82. The van der Waals surface area contributed by atoms with E-state index in [2.05, 4.69) is 17.1 Å². The molecule has 166 valence electrons. The Hall–Kier alpha value is -2.93. The Balaban J connectivity index is 1.29. The second kappa shape index (κ2) is 9.47. The molecule has 2 aromatic carbocycles. The van der Waals surface area contributed by atoms with Gasteiger partial charge in [0.2, 0.25) is 0 Å². The van der Waals surface area contributed by atoms with Crippen molar-refractivity contribution in [3.05, 3.63) is 47.5 Å². The fourth-order valence-electron chi connectivity index (χ4n) is 4.37. The normalized spacial score (nSPS) is 18.4. The second-order valence-corrected chi connectivity index (χ2v) is 8.31. The lowest BCUT2D eigenvalue weighted by Gasteiger charge is -2.33. The molecule has 0 bridgehead atoms. The van der Waals surface area contributed by atoms with E-state index in [9.17, 15) is 9.90 Å². The van der Waals surface area contributed by atoms with Gasteiger partial charge in [-0.1, -0.05) is 12.1 Å². The Morgan fingerprint density at radius 1 is 1.29 bits per heavy atom. The first-order valence-corrected chi connectivity index (χ1v) is 11.1. The number of nitrogens with zero attached hydrogens (tertiary/aromatic N) is 1. The van der Waals surface area contributed by atoms with E-state index in [-0.39, 0.29) is 12.0 Å². The summed E-state index contributed by atoms with van der Waals surface area (Å²) in [5.41, 5.74) is 2.97. The number of para-hydroxylation sites is 2. The SMILES string of the molecule is CCOc1cc2c(cc1CNC(=O)C[NH+]1CCN(c3ccccc3O)CC1)O[C@H](C)C2. The summed E-state index contributed by atoms with van der Waals surface area (Å²) < 4.78 is 11.7. The van der Waals surface area contributed by atoms with Crippen molar-refractivity contribution in [3.63, 3.8) is 0 Å². The molecule has 2 aromatic rings. The molecule has 7 heteroatoms. The van der Waals surface area contributed by atoms with Gasteiger partial charge in [0.15, 0.2) is 6.54 Å². The highest BCUT2D eigenvalue weighted by atomic mass is 16.5. The number of ether oxygens (including phenoxy) is 2. The Bertz CT molecular complexity index is 925. The zero-order chi connectivity index (χ0) is 21.8. The minimum atomic E-state index is 0.0308. The monoisotopic (exact) mass is 426 g/mol. The lowest BCUT2D eigenvalue weighted by atomic mass is 10.1. The highest BCUT2D eigenvalue weighted by Gasteiger charge is 2.25. The smallest absolute Gasteiger partial charge is 0.275 e. The third-order valence-corrected chi connectivity index (χ3v) is 5.96. The highest BCUT2D eigenvalue weighted by molar-refractivity contribution is 5.77. The van der Waals surface area contributed by atoms with Crippen LogP contribution in [0.4, 0.5) is 5.69 Å². The Labute approximate surface area is 183 Å². The van der Waals surface area contributed by atoms with Gasteiger partial charge in [-0.15, -0.1) is 0 Å². The molecule has 3 N–H and O–H groups in total. The number of hydrogen-bond acceptors (Lipinski definition) is 5. The van der Waals surface area contributed by atoms with Crippen LogP contribution in [0.25, 0.3) is 0 Å². The highest BCUT2D eigenvalue weighted by Crippen LogP contribution is 2.35. The number of amides is 1. The summed E-state index contributed by atoms with van der Waals surface area (Å²) in [6.07, 6.45) is 1.06. The number of phenolic OH excluding ortho intramolecular Hbond substituents is 1. The van der Waals surface area contributed by atoms with Gasteiger partial charge in [0.25, 0.3) is 5.91 Å². The van der Waals surface area contributed by atoms with E-state index in [1.165, 1.54) is 4.90 Å². The summed E-state index contributed by atoms with van der Waals surface area (Å²) in [6, 6.07) is 11.5. The summed E-state index contributed by atoms with van der Waals surface area (Å²) in [5.74, 6) is 2.05. The van der Waals surface area contributed by atoms with Crippen LogP contribution in [0, 0.1) is 0 Å². The Morgan fingerprint density at radius 2 is 2.06 bits per heavy atom. The fourth-order valence-corrected chi connectivity index (χ4v) is 4.37. The van der Waals surface area contributed by atoms with E-state index < -0.39 is 0 Å². The van der Waals surface area contributed by atoms with Crippen LogP contribution < -0.4 is 24.6 Å². The minimum absolute atomic E-state index is 0.0308. The van der Waals surface area contributed by atoms with E-state index in [4.69, 9.17) is 9.47 Å². The maximum Gasteiger partial charge on any atom is 0.275 e. The Morgan fingerprint density at radius 3 is 2.81 bits per heavy atom. The third-order valence-electron chi connectivity index (χ3n) is 5.96. The number of piperazine rings is 1. The molecule has 1 saturated heterocycles. The number of carbonyl (C=O) groups is 1. The molecule has 2 aliphatic heterocycles. The van der Waals surface area contributed by atoms with Gasteiger partial charge in [0.1, 0.15) is 23.4 Å². The molecule has 1 atom stereocenters. The summed E-state index contributed by atoms with van der Waals surface area (Å²) in [5, 5.41) is 13.1. The molecule has 31 heavy (non-hydrogen) atoms. The quantitative estimate of drug-likeness (QED) is 0.619. The average Bonchev–Trinajstić information content (AvgIpc) is 3.12. The van der Waals surface area contributed by atoms with Crippen molar-refractivity contribution in [1.82, 2.24) is 5.32 Å². The number of carbonyl (C=O) groups excluding carboxylic acids is 1. The van der Waals surface area contributed by atoms with Crippen molar-refractivity contribution < 1.29 is 24.3 Å². The van der Waals surface area contributed by atoms with Gasteiger partial charge in [-0.2, -0.15) is 0 Å². The number of quaternary nitrogens is 1. The third kappa shape index (κ3) is 5.05. The number of benzene rings is 2. The lowest BCUT2D eigenvalue weighted by molar-refractivity contribution is -0.892. The fraction of sp³-hybridized carbons (Fsp3) is 0.458. The number of phenols is 1. The second-order valence-electron chi connectivity index (χ2n) is 8.31. The number of anilines is 1. The predicted molar refractivity (Wildman–Crippen MR) is 119 cm³/mol. The maximum atomic E-state index is 12.6. The molecule has 1 fully saturated rings. The topological polar surface area (TPSA) is 75.5 Å². The van der Waals surface area contributed by atoms with Crippen LogP contribution in [0.3, 0.4) is 0 Å². The van der Waals surface area contributed by atoms with Gasteiger partial charge in [-0.05, 0) is 38.1 Å². The first kappa shape index (κ1) is 21.3. The summed E-state index contributed by atoms with van der Waals surface area (Å²) in [7, 11) is 0. The summed E-state index contributed by atoms with van der Waals surface area (Å²) >= 11 is 0. The van der Waals surface area contributed by atoms with Crippen LogP contribution in [0.15, 0.2) is 36.4 Å². The molecule has 0 spiro atoms. The first-order valence-electron chi connectivity index (χ1n) is 11.1. The largest absolute Gasteiger partial charge is 0.506 e. The van der Waals surface area contributed by atoms with E-state index in [1.54, 1.807) is 6.07 Å². The minimum Gasteiger partial charge on any atom is -0.506 e. The predicted octanol–water partition coefficient (Wildman–Crippen LogP) is 1.14. The van der Waals surface area contributed by atoms with Gasteiger partial charge < -0.3 is 29.7 Å². The molecule has 0 aromatic heterocycles. The van der Waals surface area contributed by atoms with Gasteiger partial charge >= 0.3 is 0 Å². The molecule has 7 nitrogen and oxygen atoms in total. The van der Waals surface area contributed by atoms with Crippen LogP contribution in [-0.4, -0.2) is 56.4 Å². The van der Waals surface area contributed by atoms with Crippen molar-refractivity contribution in [2.75, 3.05) is 44.2 Å². The average molecular weight is 427 g/mol. The summed E-state index contributed by atoms with van der Waals surface area (Å²) in [4.78, 5) is 16.0. The number of fused-ring (bicyclic) bond motifs is 1. The molecular formula is C24H32N3O4+. The lowest BCUT2D eigenvalue weighted by Crippen LogP contribution is -3.15. The number of nitrogens with one attached hydrogen (secondary N) is 2. The first-order chi connectivity index (χ1) is 15.0. The van der Waals surface area contributed by atoms with Crippen LogP contribution in [0.1, 0.15) is 25.0 Å².